The third-order valence-corrected chi connectivity index (χ3v) is 7.16. The molecule has 1 aromatic carbocycles. The molecule has 2 amide bonds. The van der Waals surface area contributed by atoms with Crippen LogP contribution in [0.2, 0.25) is 0 Å². The van der Waals surface area contributed by atoms with E-state index in [1.807, 2.05) is 38.1 Å². The number of aryl methyl sites for hydroxylation is 2. The topological polar surface area (TPSA) is 103 Å². The maximum atomic E-state index is 13.4. The summed E-state index contributed by atoms with van der Waals surface area (Å²) in [4.78, 5) is 26.4. The smallest absolute Gasteiger partial charge is 0.255 e. The predicted octanol–water partition coefficient (Wildman–Crippen LogP) is 3.96. The number of carbonyl (C=O) groups is 2. The number of hydrogen-bond donors (Lipinski definition) is 2. The van der Waals surface area contributed by atoms with Crippen LogP contribution in [0.1, 0.15) is 59.4 Å². The second-order valence-electron chi connectivity index (χ2n) is 9.47. The molecular weight excluding hydrogens is 442 g/mol. The van der Waals surface area contributed by atoms with Crippen LogP contribution in [0.15, 0.2) is 42.7 Å². The molecule has 0 aliphatic heterocycles. The van der Waals surface area contributed by atoms with E-state index < -0.39 is 6.04 Å². The van der Waals surface area contributed by atoms with Crippen molar-refractivity contribution >= 4 is 17.5 Å². The number of nitrogens with zero attached hydrogens (tertiary/aromatic N) is 3. The number of amides is 2. The lowest BCUT2D eigenvalue weighted by Crippen LogP contribution is -2.49. The monoisotopic (exact) mass is 475 g/mol. The Morgan fingerprint density at radius 3 is 2.40 bits per heavy atom. The molecule has 2 heterocycles. The van der Waals surface area contributed by atoms with Gasteiger partial charge in [0.05, 0.1) is 17.3 Å². The van der Waals surface area contributed by atoms with Gasteiger partial charge >= 0.3 is 0 Å². The largest absolute Gasteiger partial charge is 0.618 e. The third-order valence-electron chi connectivity index (χ3n) is 7.16. The molecular formula is C27H33N5O3. The Morgan fingerprint density at radius 2 is 1.77 bits per heavy atom. The number of carbonyl (C=O) groups excluding carboxylic acids is 2. The number of anilines is 1. The summed E-state index contributed by atoms with van der Waals surface area (Å²) in [6.07, 6.45) is 8.13. The Labute approximate surface area is 205 Å². The minimum Gasteiger partial charge on any atom is -0.618 e. The zero-order chi connectivity index (χ0) is 25.1. The molecule has 184 valence electrons. The first-order valence-electron chi connectivity index (χ1n) is 12.2. The summed E-state index contributed by atoms with van der Waals surface area (Å²) in [5.74, 6) is -0.410. The molecule has 1 aliphatic carbocycles. The van der Waals surface area contributed by atoms with Crippen LogP contribution in [-0.4, -0.2) is 27.6 Å². The third kappa shape index (κ3) is 5.21. The van der Waals surface area contributed by atoms with Gasteiger partial charge in [-0.05, 0) is 55.9 Å². The van der Waals surface area contributed by atoms with Gasteiger partial charge in [-0.15, -0.1) is 0 Å². The highest BCUT2D eigenvalue weighted by atomic mass is 16.5. The van der Waals surface area contributed by atoms with Gasteiger partial charge in [-0.25, -0.2) is 0 Å². The molecule has 0 spiro atoms. The molecule has 4 rings (SSSR count). The minimum atomic E-state index is -0.625. The van der Waals surface area contributed by atoms with E-state index in [2.05, 4.69) is 15.7 Å². The SMILES string of the molecule is Cc1cc[n+]([O-])c(C)c1-c1ccc(NC(=O)[C@@H](NC(=O)c2cnn(C)c2C)C2CCCCC2)cc1. The minimum absolute atomic E-state index is 0.0890. The number of nitrogens with one attached hydrogen (secondary N) is 2. The van der Waals surface area contributed by atoms with E-state index in [0.29, 0.717) is 16.9 Å². The van der Waals surface area contributed by atoms with Crippen molar-refractivity contribution in [2.45, 2.75) is 58.9 Å². The summed E-state index contributed by atoms with van der Waals surface area (Å²) >= 11 is 0. The van der Waals surface area contributed by atoms with Gasteiger partial charge in [-0.1, -0.05) is 31.4 Å². The fourth-order valence-corrected chi connectivity index (χ4v) is 4.95. The van der Waals surface area contributed by atoms with E-state index in [1.54, 1.807) is 30.9 Å². The van der Waals surface area contributed by atoms with Crippen molar-refractivity contribution in [2.75, 3.05) is 5.32 Å². The Hall–Kier alpha value is -3.68. The molecule has 0 saturated heterocycles. The van der Waals surface area contributed by atoms with E-state index in [9.17, 15) is 14.8 Å². The highest BCUT2D eigenvalue weighted by Gasteiger charge is 2.32. The van der Waals surface area contributed by atoms with Crippen molar-refractivity contribution in [3.63, 3.8) is 0 Å². The van der Waals surface area contributed by atoms with Gasteiger partial charge in [0, 0.05) is 31.4 Å². The van der Waals surface area contributed by atoms with Gasteiger partial charge in [-0.2, -0.15) is 9.83 Å². The average Bonchev–Trinajstić information content (AvgIpc) is 3.19. The normalized spacial score (nSPS) is 15.0. The lowest BCUT2D eigenvalue weighted by Gasteiger charge is -2.30. The van der Waals surface area contributed by atoms with Crippen LogP contribution in [0.3, 0.4) is 0 Å². The van der Waals surface area contributed by atoms with E-state index in [-0.39, 0.29) is 17.7 Å². The van der Waals surface area contributed by atoms with E-state index >= 15 is 0 Å². The summed E-state index contributed by atoms with van der Waals surface area (Å²) in [5.41, 5.74) is 5.32. The van der Waals surface area contributed by atoms with Gasteiger partial charge in [0.15, 0.2) is 11.9 Å². The first kappa shape index (κ1) is 24.4. The summed E-state index contributed by atoms with van der Waals surface area (Å²) < 4.78 is 2.51. The number of aromatic nitrogens is 3. The van der Waals surface area contributed by atoms with Gasteiger partial charge < -0.3 is 15.8 Å². The maximum Gasteiger partial charge on any atom is 0.255 e. The van der Waals surface area contributed by atoms with Crippen LogP contribution in [0.25, 0.3) is 11.1 Å². The molecule has 3 aromatic rings. The fourth-order valence-electron chi connectivity index (χ4n) is 4.95. The van der Waals surface area contributed by atoms with Crippen LogP contribution in [0, 0.1) is 31.9 Å². The average molecular weight is 476 g/mol. The second-order valence-corrected chi connectivity index (χ2v) is 9.47. The molecule has 0 radical (unpaired) electrons. The first-order valence-corrected chi connectivity index (χ1v) is 12.2. The Balaban J connectivity index is 1.53. The lowest BCUT2D eigenvalue weighted by atomic mass is 9.83. The van der Waals surface area contributed by atoms with Crippen molar-refractivity contribution in [3.8, 4) is 11.1 Å². The standard InChI is InChI=1S/C27H33N5O3/c1-17-14-15-32(35)19(3)24(17)20-10-12-22(13-11-20)29-27(34)25(21-8-6-5-7-9-21)30-26(33)23-16-28-31(4)18(23)2/h10-16,21,25H,5-9H2,1-4H3,(H,29,34)(H,30,33)/t25-/m0/s1. The number of benzene rings is 1. The number of pyridine rings is 1. The summed E-state index contributed by atoms with van der Waals surface area (Å²) in [5, 5.41) is 22.2. The van der Waals surface area contributed by atoms with Crippen molar-refractivity contribution in [2.24, 2.45) is 13.0 Å². The fraction of sp³-hybridized carbons (Fsp3) is 0.407. The Kier molecular flexibility index (Phi) is 7.19. The molecule has 8 heteroatoms. The predicted molar refractivity (Wildman–Crippen MR) is 135 cm³/mol. The molecule has 1 fully saturated rings. The molecule has 8 nitrogen and oxygen atoms in total. The lowest BCUT2D eigenvalue weighted by molar-refractivity contribution is -0.611. The van der Waals surface area contributed by atoms with Crippen LogP contribution in [-0.2, 0) is 11.8 Å². The Morgan fingerprint density at radius 1 is 1.09 bits per heavy atom. The Bertz CT molecular complexity index is 1230. The molecule has 1 saturated carbocycles. The number of hydrogen-bond acceptors (Lipinski definition) is 4. The molecule has 0 bridgehead atoms. The van der Waals surface area contributed by atoms with Crippen LogP contribution >= 0.6 is 0 Å². The van der Waals surface area contributed by atoms with E-state index in [1.165, 1.54) is 6.20 Å². The molecule has 1 atom stereocenters. The van der Waals surface area contributed by atoms with Crippen LogP contribution < -0.4 is 15.4 Å². The van der Waals surface area contributed by atoms with Gasteiger partial charge in [-0.3, -0.25) is 14.3 Å². The number of rotatable bonds is 6. The van der Waals surface area contributed by atoms with Gasteiger partial charge in [0.25, 0.3) is 5.91 Å². The van der Waals surface area contributed by atoms with E-state index in [0.717, 1.165) is 59.2 Å². The summed E-state index contributed by atoms with van der Waals surface area (Å²) in [6, 6.07) is 8.64. The second kappa shape index (κ2) is 10.3. The highest BCUT2D eigenvalue weighted by Crippen LogP contribution is 2.29. The zero-order valence-electron chi connectivity index (χ0n) is 20.8. The van der Waals surface area contributed by atoms with Crippen LogP contribution in [0.4, 0.5) is 5.69 Å². The maximum absolute atomic E-state index is 13.4. The molecule has 2 N–H and O–H groups in total. The summed E-state index contributed by atoms with van der Waals surface area (Å²) in [7, 11) is 1.79. The van der Waals surface area contributed by atoms with Crippen molar-refractivity contribution < 1.29 is 14.3 Å². The van der Waals surface area contributed by atoms with Crippen LogP contribution in [0.5, 0.6) is 0 Å². The highest BCUT2D eigenvalue weighted by molar-refractivity contribution is 6.01. The van der Waals surface area contributed by atoms with E-state index in [4.69, 9.17) is 0 Å². The van der Waals surface area contributed by atoms with Gasteiger partial charge in [0.1, 0.15) is 6.04 Å². The first-order chi connectivity index (χ1) is 16.8. The molecule has 2 aromatic heterocycles. The molecule has 35 heavy (non-hydrogen) atoms. The van der Waals surface area contributed by atoms with Crippen molar-refractivity contribution in [3.05, 3.63) is 70.4 Å². The van der Waals surface area contributed by atoms with Crippen molar-refractivity contribution in [1.82, 2.24) is 15.1 Å². The molecule has 0 unspecified atom stereocenters. The quantitative estimate of drug-likeness (QED) is 0.416. The van der Waals surface area contributed by atoms with Gasteiger partial charge in [0.2, 0.25) is 5.91 Å². The zero-order valence-corrected chi connectivity index (χ0v) is 20.8. The summed E-state index contributed by atoms with van der Waals surface area (Å²) in [6.45, 7) is 5.61. The van der Waals surface area contributed by atoms with Crippen molar-refractivity contribution in [1.29, 1.82) is 0 Å². The molecule has 1 aliphatic rings.